The normalized spacial score (nSPS) is 9.75. The summed E-state index contributed by atoms with van der Waals surface area (Å²) in [6, 6.07) is 14.5. The largest absolute Gasteiger partial charge is 0.507 e. The predicted octanol–water partition coefficient (Wildman–Crippen LogP) is 3.69. The molecule has 0 fully saturated rings. The first-order valence-corrected chi connectivity index (χ1v) is 5.49. The Morgan fingerprint density at radius 2 is 1.81 bits per heavy atom. The highest BCUT2D eigenvalue weighted by Crippen LogP contribution is 2.33. The van der Waals surface area contributed by atoms with Crippen LogP contribution in [-0.2, 0) is 0 Å². The average molecular weight is 274 g/mol. The molecule has 0 bridgehead atoms. The molecule has 0 spiro atoms. The van der Waals surface area contributed by atoms with E-state index in [-0.39, 0.29) is 5.75 Å². The zero-order valence-electron chi connectivity index (χ0n) is 8.31. The summed E-state index contributed by atoms with van der Waals surface area (Å²) >= 11 is 3.35. The summed E-state index contributed by atoms with van der Waals surface area (Å²) in [5.41, 5.74) is 1.95. The molecule has 2 aromatic carbocycles. The highest BCUT2D eigenvalue weighted by molar-refractivity contribution is 9.10. The lowest BCUT2D eigenvalue weighted by Gasteiger charge is -2.06. The van der Waals surface area contributed by atoms with Gasteiger partial charge < -0.3 is 5.11 Å². The smallest absolute Gasteiger partial charge is 0.123 e. The number of phenolic OH excluding ortho intramolecular Hbond substituents is 1. The minimum atomic E-state index is 0.172. The van der Waals surface area contributed by atoms with Crippen molar-refractivity contribution in [3.8, 4) is 22.9 Å². The van der Waals surface area contributed by atoms with Crippen molar-refractivity contribution in [3.05, 3.63) is 52.5 Å². The van der Waals surface area contributed by atoms with E-state index in [1.165, 1.54) is 0 Å². The SMILES string of the molecule is N#Cc1ccccc1-c1cc(Br)ccc1O. The fourth-order valence-electron chi connectivity index (χ4n) is 1.54. The van der Waals surface area contributed by atoms with Crippen LogP contribution in [0.15, 0.2) is 46.9 Å². The van der Waals surface area contributed by atoms with Gasteiger partial charge in [-0.1, -0.05) is 34.1 Å². The first-order valence-electron chi connectivity index (χ1n) is 4.70. The standard InChI is InChI=1S/C13H8BrNO/c14-10-5-6-13(16)12(7-10)11-4-2-1-3-9(11)8-15/h1-7,16H. The molecule has 0 saturated carbocycles. The van der Waals surface area contributed by atoms with Crippen molar-refractivity contribution in [2.45, 2.75) is 0 Å². The van der Waals surface area contributed by atoms with Crippen molar-refractivity contribution in [2.75, 3.05) is 0 Å². The van der Waals surface area contributed by atoms with Crippen LogP contribution in [0.25, 0.3) is 11.1 Å². The molecule has 0 aliphatic heterocycles. The Morgan fingerprint density at radius 3 is 2.56 bits per heavy atom. The van der Waals surface area contributed by atoms with Gasteiger partial charge in [0.1, 0.15) is 5.75 Å². The first-order chi connectivity index (χ1) is 7.72. The molecule has 2 nitrogen and oxygen atoms in total. The molecule has 16 heavy (non-hydrogen) atoms. The zero-order valence-corrected chi connectivity index (χ0v) is 9.90. The lowest BCUT2D eigenvalue weighted by atomic mass is 10.00. The number of nitriles is 1. The van der Waals surface area contributed by atoms with Gasteiger partial charge in [-0.25, -0.2) is 0 Å². The van der Waals surface area contributed by atoms with Crippen molar-refractivity contribution in [1.29, 1.82) is 5.26 Å². The van der Waals surface area contributed by atoms with Crippen LogP contribution in [-0.4, -0.2) is 5.11 Å². The van der Waals surface area contributed by atoms with Gasteiger partial charge in [-0.2, -0.15) is 5.26 Å². The molecule has 1 N–H and O–H groups in total. The van der Waals surface area contributed by atoms with Crippen LogP contribution >= 0.6 is 15.9 Å². The van der Waals surface area contributed by atoms with Crippen molar-refractivity contribution in [3.63, 3.8) is 0 Å². The summed E-state index contributed by atoms with van der Waals surface area (Å²) in [5.74, 6) is 0.172. The second-order valence-corrected chi connectivity index (χ2v) is 4.23. The monoisotopic (exact) mass is 273 g/mol. The fraction of sp³-hybridized carbons (Fsp3) is 0. The average Bonchev–Trinajstić information content (AvgIpc) is 2.32. The van der Waals surface area contributed by atoms with Crippen LogP contribution in [0.3, 0.4) is 0 Å². The van der Waals surface area contributed by atoms with Gasteiger partial charge in [0.2, 0.25) is 0 Å². The third kappa shape index (κ3) is 1.93. The lowest BCUT2D eigenvalue weighted by Crippen LogP contribution is -1.84. The van der Waals surface area contributed by atoms with Gasteiger partial charge in [-0.3, -0.25) is 0 Å². The molecule has 0 aromatic heterocycles. The molecule has 0 atom stereocenters. The number of hydrogen-bond donors (Lipinski definition) is 1. The Bertz CT molecular complexity index is 572. The first kappa shape index (κ1) is 10.7. The number of phenols is 1. The second-order valence-electron chi connectivity index (χ2n) is 3.32. The third-order valence-corrected chi connectivity index (χ3v) is 2.79. The molecule has 0 aliphatic rings. The van der Waals surface area contributed by atoms with Crippen LogP contribution < -0.4 is 0 Å². The van der Waals surface area contributed by atoms with E-state index in [9.17, 15) is 5.11 Å². The number of nitrogens with zero attached hydrogens (tertiary/aromatic N) is 1. The van der Waals surface area contributed by atoms with E-state index in [2.05, 4.69) is 22.0 Å². The Labute approximate surface area is 102 Å². The van der Waals surface area contributed by atoms with E-state index >= 15 is 0 Å². The van der Waals surface area contributed by atoms with Crippen molar-refractivity contribution < 1.29 is 5.11 Å². The molecule has 78 valence electrons. The molecule has 0 unspecified atom stereocenters. The highest BCUT2D eigenvalue weighted by Gasteiger charge is 2.08. The summed E-state index contributed by atoms with van der Waals surface area (Å²) < 4.78 is 0.869. The molecular formula is C13H8BrNO. The van der Waals surface area contributed by atoms with Gasteiger partial charge in [-0.15, -0.1) is 0 Å². The summed E-state index contributed by atoms with van der Waals surface area (Å²) in [6.45, 7) is 0. The van der Waals surface area contributed by atoms with E-state index in [0.29, 0.717) is 11.1 Å². The molecule has 0 radical (unpaired) electrons. The molecule has 2 rings (SSSR count). The van der Waals surface area contributed by atoms with Crippen LogP contribution in [0.4, 0.5) is 0 Å². The van der Waals surface area contributed by atoms with Crippen LogP contribution in [0.1, 0.15) is 5.56 Å². The van der Waals surface area contributed by atoms with Crippen molar-refractivity contribution >= 4 is 15.9 Å². The number of rotatable bonds is 1. The van der Waals surface area contributed by atoms with E-state index in [0.717, 1.165) is 10.0 Å². The molecular weight excluding hydrogens is 266 g/mol. The molecule has 0 amide bonds. The molecule has 0 heterocycles. The lowest BCUT2D eigenvalue weighted by molar-refractivity contribution is 0.477. The number of hydrogen-bond acceptors (Lipinski definition) is 2. The van der Waals surface area contributed by atoms with Gasteiger partial charge in [0, 0.05) is 15.6 Å². The maximum Gasteiger partial charge on any atom is 0.123 e. The zero-order chi connectivity index (χ0) is 11.5. The summed E-state index contributed by atoms with van der Waals surface area (Å²) in [7, 11) is 0. The fourth-order valence-corrected chi connectivity index (χ4v) is 1.90. The third-order valence-electron chi connectivity index (χ3n) is 2.30. The van der Waals surface area contributed by atoms with Crippen LogP contribution in [0.5, 0.6) is 5.75 Å². The minimum Gasteiger partial charge on any atom is -0.507 e. The van der Waals surface area contributed by atoms with Gasteiger partial charge in [0.25, 0.3) is 0 Å². The molecule has 0 saturated heterocycles. The van der Waals surface area contributed by atoms with E-state index < -0.39 is 0 Å². The minimum absolute atomic E-state index is 0.172. The number of aromatic hydroxyl groups is 1. The van der Waals surface area contributed by atoms with Gasteiger partial charge >= 0.3 is 0 Å². The van der Waals surface area contributed by atoms with Crippen molar-refractivity contribution in [1.82, 2.24) is 0 Å². The summed E-state index contributed by atoms with van der Waals surface area (Å²) in [5, 5.41) is 18.8. The molecule has 3 heteroatoms. The van der Waals surface area contributed by atoms with E-state index in [1.807, 2.05) is 12.1 Å². The Kier molecular flexibility index (Phi) is 2.93. The molecule has 2 aromatic rings. The maximum absolute atomic E-state index is 9.78. The maximum atomic E-state index is 9.78. The van der Waals surface area contributed by atoms with Gasteiger partial charge in [0.15, 0.2) is 0 Å². The van der Waals surface area contributed by atoms with Crippen LogP contribution in [0.2, 0.25) is 0 Å². The quantitative estimate of drug-likeness (QED) is 0.861. The van der Waals surface area contributed by atoms with E-state index in [4.69, 9.17) is 5.26 Å². The van der Waals surface area contributed by atoms with Gasteiger partial charge in [0.05, 0.1) is 11.6 Å². The highest BCUT2D eigenvalue weighted by atomic mass is 79.9. The van der Waals surface area contributed by atoms with Gasteiger partial charge in [-0.05, 0) is 24.3 Å². The Hall–Kier alpha value is -1.79. The van der Waals surface area contributed by atoms with Crippen molar-refractivity contribution in [2.24, 2.45) is 0 Å². The predicted molar refractivity (Wildman–Crippen MR) is 66.0 cm³/mol. The summed E-state index contributed by atoms with van der Waals surface area (Å²) in [6.07, 6.45) is 0. The topological polar surface area (TPSA) is 44.0 Å². The Balaban J connectivity index is 2.68. The Morgan fingerprint density at radius 1 is 1.06 bits per heavy atom. The van der Waals surface area contributed by atoms with Crippen LogP contribution in [0, 0.1) is 11.3 Å². The number of benzene rings is 2. The second kappa shape index (κ2) is 4.38. The summed E-state index contributed by atoms with van der Waals surface area (Å²) in [4.78, 5) is 0. The number of halogens is 1. The van der Waals surface area contributed by atoms with E-state index in [1.54, 1.807) is 30.3 Å². The molecule has 0 aliphatic carbocycles.